The average Bonchev–Trinajstić information content (AvgIpc) is 2.65. The number of nitrogens with one attached hydrogen (secondary N) is 1. The zero-order valence-electron chi connectivity index (χ0n) is 8.62. The van der Waals surface area contributed by atoms with Gasteiger partial charge in [-0.2, -0.15) is 5.16 Å². The molecule has 0 aliphatic carbocycles. The molecule has 0 unspecified atom stereocenters. The average molecular weight is 284 g/mol. The van der Waals surface area contributed by atoms with Gasteiger partial charge >= 0.3 is 0 Å². The minimum absolute atomic E-state index is 0.264. The maximum absolute atomic E-state index is 11.0. The summed E-state index contributed by atoms with van der Waals surface area (Å²) in [5, 5.41) is 2.25. The van der Waals surface area contributed by atoms with E-state index in [1.54, 1.807) is 0 Å². The molecule has 84 valence electrons. The molecule has 0 aliphatic heterocycles. The Bertz CT molecular complexity index is 544. The number of aromatic nitrogens is 1. The largest absolute Gasteiger partial charge is 0.493 e. The van der Waals surface area contributed by atoms with E-state index < -0.39 is 0 Å². The number of rotatable bonds is 3. The first-order valence-corrected chi connectivity index (χ1v) is 5.61. The van der Waals surface area contributed by atoms with Crippen molar-refractivity contribution in [3.63, 3.8) is 0 Å². The van der Waals surface area contributed by atoms with Crippen LogP contribution in [0.4, 0.5) is 0 Å². The Morgan fingerprint density at radius 1 is 1.44 bits per heavy atom. The van der Waals surface area contributed by atoms with Gasteiger partial charge in [-0.3, -0.25) is 4.79 Å². The summed E-state index contributed by atoms with van der Waals surface area (Å²) >= 11 is 3.36. The SMILES string of the molecule is CCOc1cc(Br)ccc1-c1cc(=O)[nH]o1. The topological polar surface area (TPSA) is 55.2 Å². The number of hydrogen-bond acceptors (Lipinski definition) is 3. The van der Waals surface area contributed by atoms with E-state index in [4.69, 9.17) is 9.26 Å². The molecule has 0 amide bonds. The fourth-order valence-corrected chi connectivity index (χ4v) is 1.73. The molecule has 16 heavy (non-hydrogen) atoms. The first kappa shape index (κ1) is 11.0. The lowest BCUT2D eigenvalue weighted by Gasteiger charge is -2.07. The molecule has 1 aromatic carbocycles. The highest BCUT2D eigenvalue weighted by atomic mass is 79.9. The molecule has 5 heteroatoms. The summed E-state index contributed by atoms with van der Waals surface area (Å²) in [5.74, 6) is 1.15. The normalized spacial score (nSPS) is 10.4. The summed E-state index contributed by atoms with van der Waals surface area (Å²) in [6.07, 6.45) is 0. The minimum Gasteiger partial charge on any atom is -0.493 e. The highest BCUT2D eigenvalue weighted by molar-refractivity contribution is 9.10. The zero-order chi connectivity index (χ0) is 11.5. The summed E-state index contributed by atoms with van der Waals surface area (Å²) in [4.78, 5) is 11.0. The third kappa shape index (κ3) is 2.19. The van der Waals surface area contributed by atoms with Gasteiger partial charge in [-0.15, -0.1) is 0 Å². The lowest BCUT2D eigenvalue weighted by atomic mass is 10.1. The molecule has 2 aromatic rings. The Morgan fingerprint density at radius 2 is 2.25 bits per heavy atom. The predicted molar refractivity (Wildman–Crippen MR) is 63.6 cm³/mol. The third-order valence-electron chi connectivity index (χ3n) is 2.03. The van der Waals surface area contributed by atoms with Crippen molar-refractivity contribution >= 4 is 15.9 Å². The second kappa shape index (κ2) is 4.57. The van der Waals surface area contributed by atoms with Crippen LogP contribution in [0.2, 0.25) is 0 Å². The van der Waals surface area contributed by atoms with E-state index in [1.165, 1.54) is 6.07 Å². The van der Waals surface area contributed by atoms with Crippen LogP contribution in [0.3, 0.4) is 0 Å². The fourth-order valence-electron chi connectivity index (χ4n) is 1.39. The molecule has 0 saturated heterocycles. The maximum atomic E-state index is 11.0. The van der Waals surface area contributed by atoms with E-state index in [-0.39, 0.29) is 5.56 Å². The molecule has 1 aromatic heterocycles. The molecule has 0 bridgehead atoms. The van der Waals surface area contributed by atoms with Gasteiger partial charge in [0.05, 0.1) is 18.2 Å². The Labute approximate surface area is 100 Å². The predicted octanol–water partition coefficient (Wildman–Crippen LogP) is 2.80. The van der Waals surface area contributed by atoms with E-state index in [9.17, 15) is 4.79 Å². The number of aromatic amines is 1. The van der Waals surface area contributed by atoms with E-state index in [2.05, 4.69) is 21.1 Å². The number of H-pyrrole nitrogens is 1. The van der Waals surface area contributed by atoms with Crippen molar-refractivity contribution in [3.05, 3.63) is 39.1 Å². The van der Waals surface area contributed by atoms with Gasteiger partial charge < -0.3 is 9.26 Å². The van der Waals surface area contributed by atoms with Crippen LogP contribution in [0, 0.1) is 0 Å². The molecule has 0 fully saturated rings. The zero-order valence-corrected chi connectivity index (χ0v) is 10.2. The molecule has 0 atom stereocenters. The van der Waals surface area contributed by atoms with E-state index >= 15 is 0 Å². The highest BCUT2D eigenvalue weighted by Gasteiger charge is 2.10. The van der Waals surface area contributed by atoms with Crippen LogP contribution < -0.4 is 10.3 Å². The van der Waals surface area contributed by atoms with E-state index in [0.717, 1.165) is 10.0 Å². The van der Waals surface area contributed by atoms with Crippen molar-refractivity contribution in [1.29, 1.82) is 0 Å². The highest BCUT2D eigenvalue weighted by Crippen LogP contribution is 2.31. The first-order valence-electron chi connectivity index (χ1n) is 4.82. The molecule has 0 radical (unpaired) electrons. The molecule has 0 aliphatic rings. The number of benzene rings is 1. The van der Waals surface area contributed by atoms with Crippen LogP contribution in [0.25, 0.3) is 11.3 Å². The van der Waals surface area contributed by atoms with Gasteiger partial charge in [-0.05, 0) is 25.1 Å². The van der Waals surface area contributed by atoms with Gasteiger partial charge in [0.2, 0.25) is 0 Å². The van der Waals surface area contributed by atoms with Gasteiger partial charge in [0, 0.05) is 4.47 Å². The minimum atomic E-state index is -0.264. The van der Waals surface area contributed by atoms with Gasteiger partial charge in [0.25, 0.3) is 5.56 Å². The standard InChI is InChI=1S/C11H10BrNO3/c1-2-15-9-5-7(12)3-4-8(9)10-6-11(14)13-16-10/h3-6H,2H2,1H3,(H,13,14). The van der Waals surface area contributed by atoms with Gasteiger partial charge in [-0.25, -0.2) is 0 Å². The lowest BCUT2D eigenvalue weighted by Crippen LogP contribution is -1.94. The number of halogens is 1. The lowest BCUT2D eigenvalue weighted by molar-refractivity contribution is 0.339. The Hall–Kier alpha value is -1.49. The first-order chi connectivity index (χ1) is 7.70. The molecule has 1 heterocycles. The molecular formula is C11H10BrNO3. The molecule has 0 spiro atoms. The molecule has 2 rings (SSSR count). The fraction of sp³-hybridized carbons (Fsp3) is 0.182. The van der Waals surface area contributed by atoms with Gasteiger partial charge in [0.1, 0.15) is 5.75 Å². The van der Waals surface area contributed by atoms with Crippen LogP contribution in [-0.2, 0) is 0 Å². The van der Waals surface area contributed by atoms with Crippen molar-refractivity contribution in [2.24, 2.45) is 0 Å². The summed E-state index contributed by atoms with van der Waals surface area (Å²) in [6, 6.07) is 6.93. The van der Waals surface area contributed by atoms with Crippen LogP contribution in [0.1, 0.15) is 6.92 Å². The Balaban J connectivity index is 2.51. The maximum Gasteiger partial charge on any atom is 0.280 e. The monoisotopic (exact) mass is 283 g/mol. The Morgan fingerprint density at radius 3 is 2.88 bits per heavy atom. The second-order valence-corrected chi connectivity index (χ2v) is 4.07. The van der Waals surface area contributed by atoms with Crippen molar-refractivity contribution < 1.29 is 9.26 Å². The van der Waals surface area contributed by atoms with Crippen LogP contribution >= 0.6 is 15.9 Å². The molecule has 0 saturated carbocycles. The van der Waals surface area contributed by atoms with E-state index in [0.29, 0.717) is 18.1 Å². The van der Waals surface area contributed by atoms with Crippen LogP contribution in [-0.4, -0.2) is 11.8 Å². The van der Waals surface area contributed by atoms with Crippen molar-refractivity contribution in [3.8, 4) is 17.1 Å². The number of ether oxygens (including phenoxy) is 1. The molecule has 4 nitrogen and oxygen atoms in total. The van der Waals surface area contributed by atoms with Gasteiger partial charge in [0.15, 0.2) is 5.76 Å². The number of hydrogen-bond donors (Lipinski definition) is 1. The van der Waals surface area contributed by atoms with Gasteiger partial charge in [-0.1, -0.05) is 15.9 Å². The summed E-state index contributed by atoms with van der Waals surface area (Å²) in [7, 11) is 0. The second-order valence-electron chi connectivity index (χ2n) is 3.15. The van der Waals surface area contributed by atoms with Crippen molar-refractivity contribution in [2.75, 3.05) is 6.61 Å². The quantitative estimate of drug-likeness (QED) is 0.942. The summed E-state index contributed by atoms with van der Waals surface area (Å²) < 4.78 is 11.4. The van der Waals surface area contributed by atoms with Crippen LogP contribution in [0.5, 0.6) is 5.75 Å². The third-order valence-corrected chi connectivity index (χ3v) is 2.53. The summed E-state index contributed by atoms with van der Waals surface area (Å²) in [5.41, 5.74) is 0.490. The van der Waals surface area contributed by atoms with E-state index in [1.807, 2.05) is 25.1 Å². The summed E-state index contributed by atoms with van der Waals surface area (Å²) in [6.45, 7) is 2.45. The van der Waals surface area contributed by atoms with Crippen molar-refractivity contribution in [2.45, 2.75) is 6.92 Å². The molecular weight excluding hydrogens is 274 g/mol. The van der Waals surface area contributed by atoms with Crippen LogP contribution in [0.15, 0.2) is 38.1 Å². The Kier molecular flexibility index (Phi) is 3.14. The smallest absolute Gasteiger partial charge is 0.280 e. The molecule has 1 N–H and O–H groups in total. The van der Waals surface area contributed by atoms with Crippen molar-refractivity contribution in [1.82, 2.24) is 5.16 Å².